The van der Waals surface area contributed by atoms with Crippen molar-refractivity contribution in [2.24, 2.45) is 0 Å². The number of halogens is 1. The van der Waals surface area contributed by atoms with Gasteiger partial charge in [-0.1, -0.05) is 18.2 Å². The van der Waals surface area contributed by atoms with Gasteiger partial charge in [0, 0.05) is 42.4 Å². The molecule has 1 heterocycles. The van der Waals surface area contributed by atoms with Crippen molar-refractivity contribution >= 4 is 40.7 Å². The molecule has 0 aliphatic heterocycles. The summed E-state index contributed by atoms with van der Waals surface area (Å²) in [4.78, 5) is 12.9. The molecule has 202 valence electrons. The van der Waals surface area contributed by atoms with Crippen LogP contribution in [-0.4, -0.2) is 43.2 Å². The van der Waals surface area contributed by atoms with E-state index in [1.54, 1.807) is 43.3 Å². The molecule has 0 saturated heterocycles. The molecule has 3 aromatic carbocycles. The van der Waals surface area contributed by atoms with Crippen LogP contribution in [0, 0.1) is 12.7 Å². The number of nitrogens with one attached hydrogen (secondary N) is 1. The minimum absolute atomic E-state index is 0.0869. The van der Waals surface area contributed by atoms with Crippen LogP contribution in [0.5, 0.6) is 0 Å². The summed E-state index contributed by atoms with van der Waals surface area (Å²) in [5.41, 5.74) is 4.86. The molecule has 1 fully saturated rings. The lowest BCUT2D eigenvalue weighted by Crippen LogP contribution is -2.31. The smallest absolute Gasteiger partial charge is 0.488 e. The maximum Gasteiger partial charge on any atom is 0.488 e. The fourth-order valence-corrected chi connectivity index (χ4v) is 5.36. The molecule has 1 amide bonds. The molecule has 0 radical (unpaired) electrons. The summed E-state index contributed by atoms with van der Waals surface area (Å²) in [6, 6.07) is 14.3. The summed E-state index contributed by atoms with van der Waals surface area (Å²) in [7, 11) is -0.0775. The second kappa shape index (κ2) is 11.0. The summed E-state index contributed by atoms with van der Waals surface area (Å²) in [5, 5.41) is 22.1. The Labute approximate surface area is 228 Å². The van der Waals surface area contributed by atoms with Gasteiger partial charge in [-0.25, -0.2) is 8.70 Å². The summed E-state index contributed by atoms with van der Waals surface area (Å²) in [5.74, 6) is -0.177. The molecule has 0 bridgehead atoms. The molecule has 1 atom stereocenters. The van der Waals surface area contributed by atoms with Gasteiger partial charge in [-0.15, -0.1) is 0 Å². The Morgan fingerprint density at radius 2 is 1.82 bits per heavy atom. The normalized spacial score (nSPS) is 14.1. The number of hydrogen-bond acceptors (Lipinski definition) is 6. The van der Waals surface area contributed by atoms with E-state index >= 15 is 0 Å². The summed E-state index contributed by atoms with van der Waals surface area (Å²) in [6.45, 7) is 1.97. The highest BCUT2D eigenvalue weighted by Gasteiger charge is 2.30. The lowest BCUT2D eigenvalue weighted by Gasteiger charge is -2.26. The van der Waals surface area contributed by atoms with Crippen LogP contribution in [0.15, 0.2) is 59.0 Å². The summed E-state index contributed by atoms with van der Waals surface area (Å²) in [6.07, 6.45) is 1.92. The molecule has 1 unspecified atom stereocenters. The molecule has 11 heteroatoms. The van der Waals surface area contributed by atoms with Gasteiger partial charge >= 0.3 is 7.12 Å². The lowest BCUT2D eigenvalue weighted by atomic mass is 9.79. The Hall–Kier alpha value is -3.35. The van der Waals surface area contributed by atoms with Gasteiger partial charge in [0.1, 0.15) is 17.2 Å². The highest BCUT2D eigenvalue weighted by atomic mass is 32.2. The van der Waals surface area contributed by atoms with Crippen LogP contribution < -0.4 is 10.8 Å². The van der Waals surface area contributed by atoms with E-state index in [1.807, 2.05) is 6.07 Å². The van der Waals surface area contributed by atoms with E-state index < -0.39 is 24.2 Å². The summed E-state index contributed by atoms with van der Waals surface area (Å²) < 4.78 is 45.6. The zero-order valence-corrected chi connectivity index (χ0v) is 22.3. The third-order valence-electron chi connectivity index (χ3n) is 7.10. The van der Waals surface area contributed by atoms with Crippen LogP contribution in [0.4, 0.5) is 4.39 Å². The fraction of sp³-hybridized carbons (Fsp3) is 0.250. The number of rotatable bonds is 9. The van der Waals surface area contributed by atoms with Gasteiger partial charge in [0.05, 0.1) is 5.56 Å². The molecule has 4 aromatic rings. The van der Waals surface area contributed by atoms with Crippen molar-refractivity contribution in [1.29, 1.82) is 0 Å². The van der Waals surface area contributed by atoms with Crippen LogP contribution in [0.3, 0.4) is 0 Å². The van der Waals surface area contributed by atoms with Gasteiger partial charge in [0.15, 0.2) is 0 Å². The van der Waals surface area contributed by atoms with Gasteiger partial charge < -0.3 is 24.3 Å². The van der Waals surface area contributed by atoms with Crippen LogP contribution in [0.1, 0.15) is 51.4 Å². The maximum absolute atomic E-state index is 13.6. The third-order valence-corrected chi connectivity index (χ3v) is 7.78. The first-order chi connectivity index (χ1) is 18.7. The lowest BCUT2D eigenvalue weighted by molar-refractivity contribution is 0.0964. The van der Waals surface area contributed by atoms with E-state index in [-0.39, 0.29) is 24.9 Å². The summed E-state index contributed by atoms with van der Waals surface area (Å²) >= 11 is -2.55. The minimum atomic E-state index is -2.55. The van der Waals surface area contributed by atoms with Crippen molar-refractivity contribution < 1.29 is 32.4 Å². The second-order valence-electron chi connectivity index (χ2n) is 9.79. The Bertz CT molecular complexity index is 1570. The molecule has 0 spiro atoms. The maximum atomic E-state index is 13.6. The first kappa shape index (κ1) is 27.2. The minimum Gasteiger partial charge on any atom is -0.760 e. The second-order valence-corrected chi connectivity index (χ2v) is 10.7. The number of carbonyl (C=O) groups excluding carboxylic acids is 1. The van der Waals surface area contributed by atoms with Crippen molar-refractivity contribution in [2.75, 3.05) is 7.05 Å². The van der Waals surface area contributed by atoms with Gasteiger partial charge in [-0.3, -0.25) is 9.00 Å². The Morgan fingerprint density at radius 1 is 1.13 bits per heavy atom. The number of amides is 1. The van der Waals surface area contributed by atoms with E-state index in [4.69, 9.17) is 4.42 Å². The first-order valence-corrected chi connectivity index (χ1v) is 13.6. The van der Waals surface area contributed by atoms with E-state index in [0.717, 1.165) is 35.1 Å². The predicted octanol–water partition coefficient (Wildman–Crippen LogP) is 3.26. The highest BCUT2D eigenvalue weighted by Crippen LogP contribution is 2.45. The Kier molecular flexibility index (Phi) is 7.70. The van der Waals surface area contributed by atoms with Crippen LogP contribution >= 0.6 is 0 Å². The SMILES string of the molecule is CNC(=O)c1c(-c2ccc(F)cc2)oc2cc(CN(Cc3ccc(B(O)O)cc3C)S(=O)[O-])c(C3CC3)cc12. The molecule has 1 saturated carbocycles. The number of aryl methyl sites for hydroxylation is 1. The van der Waals surface area contributed by atoms with Crippen LogP contribution in [-0.2, 0) is 24.4 Å². The molecule has 39 heavy (non-hydrogen) atoms. The number of benzene rings is 3. The van der Waals surface area contributed by atoms with Crippen molar-refractivity contribution in [1.82, 2.24) is 9.62 Å². The van der Waals surface area contributed by atoms with E-state index in [2.05, 4.69) is 5.32 Å². The number of furan rings is 1. The predicted molar refractivity (Wildman–Crippen MR) is 146 cm³/mol. The Balaban J connectivity index is 1.56. The average Bonchev–Trinajstić information content (AvgIpc) is 3.69. The molecule has 1 aliphatic rings. The van der Waals surface area contributed by atoms with Crippen LogP contribution in [0.2, 0.25) is 0 Å². The highest BCUT2D eigenvalue weighted by molar-refractivity contribution is 7.76. The molecule has 8 nitrogen and oxygen atoms in total. The van der Waals surface area contributed by atoms with E-state index in [9.17, 15) is 28.0 Å². The van der Waals surface area contributed by atoms with Crippen LogP contribution in [0.25, 0.3) is 22.3 Å². The van der Waals surface area contributed by atoms with Gasteiger partial charge in [0.25, 0.3) is 5.91 Å². The molecule has 3 N–H and O–H groups in total. The number of hydrogen-bond donors (Lipinski definition) is 3. The number of nitrogens with zero attached hydrogens (tertiary/aromatic N) is 1. The average molecular weight is 549 g/mol. The standard InChI is InChI=1S/C28H28BFN2O6S/c1-16-11-21(29(34)35)8-5-19(16)14-32(39(36)37)15-20-12-25-24(13-23(20)17-3-4-17)26(28(33)31-2)27(38-25)18-6-9-22(30)10-7-18/h5-13,17,34-35H,3-4,14-15H2,1-2H3,(H,31,33)(H,36,37)/p-1. The topological polar surface area (TPSA) is 126 Å². The molecule has 5 rings (SSSR count). The van der Waals surface area contributed by atoms with Gasteiger partial charge in [-0.05, 0) is 89.8 Å². The number of carbonyl (C=O) groups is 1. The van der Waals surface area contributed by atoms with Crippen molar-refractivity contribution in [3.63, 3.8) is 0 Å². The van der Waals surface area contributed by atoms with E-state index in [0.29, 0.717) is 33.3 Å². The largest absolute Gasteiger partial charge is 0.760 e. The third kappa shape index (κ3) is 5.68. The zero-order chi connectivity index (χ0) is 27.8. The van der Waals surface area contributed by atoms with Crippen molar-refractivity contribution in [3.8, 4) is 11.3 Å². The quantitative estimate of drug-likeness (QED) is 0.217. The Morgan fingerprint density at radius 3 is 2.41 bits per heavy atom. The zero-order valence-electron chi connectivity index (χ0n) is 21.4. The number of fused-ring (bicyclic) bond motifs is 1. The van der Waals surface area contributed by atoms with Crippen molar-refractivity contribution in [3.05, 3.63) is 88.2 Å². The molecular formula is C28H27BFN2O6S-. The van der Waals surface area contributed by atoms with Crippen molar-refractivity contribution in [2.45, 2.75) is 38.8 Å². The monoisotopic (exact) mass is 549 g/mol. The molecule has 1 aromatic heterocycles. The molecule has 1 aliphatic carbocycles. The van der Waals surface area contributed by atoms with Gasteiger partial charge in [0.2, 0.25) is 0 Å². The molecular weight excluding hydrogens is 522 g/mol. The first-order valence-electron chi connectivity index (χ1n) is 12.5. The fourth-order valence-electron chi connectivity index (χ4n) is 4.87. The van der Waals surface area contributed by atoms with E-state index in [1.165, 1.54) is 23.5 Å². The van der Waals surface area contributed by atoms with Gasteiger partial charge in [-0.2, -0.15) is 0 Å².